The first kappa shape index (κ1) is 44.9. The van der Waals surface area contributed by atoms with Crippen LogP contribution in [0, 0.1) is 17.8 Å². The maximum absolute atomic E-state index is 13.6. The molecular weight excluding hydrogens is 875 g/mol. The second-order valence-corrected chi connectivity index (χ2v) is 19.2. The van der Waals surface area contributed by atoms with Gasteiger partial charge in [0, 0.05) is 111 Å². The van der Waals surface area contributed by atoms with Gasteiger partial charge in [-0.1, -0.05) is 66.5 Å². The average Bonchev–Trinajstić information content (AvgIpc) is 3.73. The van der Waals surface area contributed by atoms with Crippen molar-refractivity contribution >= 4 is 52.4 Å². The number of nitrogens with one attached hydrogen (secondary N) is 1. The molecule has 70 heavy (non-hydrogen) atoms. The van der Waals surface area contributed by atoms with Crippen molar-refractivity contribution in [1.29, 1.82) is 0 Å². The van der Waals surface area contributed by atoms with E-state index in [0.29, 0.717) is 55.3 Å². The minimum atomic E-state index is -0.592. The van der Waals surface area contributed by atoms with Gasteiger partial charge in [-0.3, -0.25) is 34.4 Å². The third-order valence-corrected chi connectivity index (χ3v) is 14.6. The number of amides is 4. The summed E-state index contributed by atoms with van der Waals surface area (Å²) in [4.78, 5) is 76.0. The molecule has 3 fully saturated rings. The van der Waals surface area contributed by atoms with Crippen molar-refractivity contribution in [3.05, 3.63) is 154 Å². The lowest BCUT2D eigenvalue weighted by molar-refractivity contribution is -0.136. The molecule has 352 valence electrons. The van der Waals surface area contributed by atoms with Gasteiger partial charge in [0.1, 0.15) is 6.04 Å². The number of hydrogen-bond acceptors (Lipinski definition) is 10. The molecule has 2 aromatic heterocycles. The van der Waals surface area contributed by atoms with Crippen molar-refractivity contribution in [2.45, 2.75) is 51.2 Å². The molecule has 6 aromatic rings. The summed E-state index contributed by atoms with van der Waals surface area (Å²) in [5.74, 6) is 7.27. The highest BCUT2D eigenvalue weighted by molar-refractivity contribution is 6.05. The number of anilines is 1. The second kappa shape index (κ2) is 19.8. The molecule has 7 heterocycles. The van der Waals surface area contributed by atoms with E-state index in [1.807, 2.05) is 78.0 Å². The van der Waals surface area contributed by atoms with Crippen molar-refractivity contribution in [2.75, 3.05) is 63.8 Å². The first-order valence-corrected chi connectivity index (χ1v) is 24.6. The Morgan fingerprint density at radius 2 is 1.49 bits per heavy atom. The van der Waals surface area contributed by atoms with E-state index in [2.05, 4.69) is 90.4 Å². The zero-order valence-corrected chi connectivity index (χ0v) is 39.2. The van der Waals surface area contributed by atoms with Crippen molar-refractivity contribution < 1.29 is 19.2 Å². The van der Waals surface area contributed by atoms with Crippen LogP contribution in [0.4, 0.5) is 5.69 Å². The summed E-state index contributed by atoms with van der Waals surface area (Å²) in [5, 5.41) is 3.42. The number of fused-ring (bicyclic) bond motifs is 3. The Morgan fingerprint density at radius 3 is 2.27 bits per heavy atom. The lowest BCUT2D eigenvalue weighted by Crippen LogP contribution is -2.52. The Balaban J connectivity index is 0.600. The molecule has 0 radical (unpaired) electrons. The number of piperidine rings is 2. The molecule has 5 aliphatic heterocycles. The van der Waals surface area contributed by atoms with Crippen molar-refractivity contribution in [3.8, 4) is 23.2 Å². The summed E-state index contributed by atoms with van der Waals surface area (Å²) in [6.45, 7) is 9.47. The zero-order chi connectivity index (χ0) is 47.6. The zero-order valence-electron chi connectivity index (χ0n) is 39.2. The van der Waals surface area contributed by atoms with E-state index in [4.69, 9.17) is 4.98 Å². The summed E-state index contributed by atoms with van der Waals surface area (Å²) in [6.07, 6.45) is 11.5. The number of hydrogen-bond donors (Lipinski definition) is 1. The van der Waals surface area contributed by atoms with Gasteiger partial charge in [0.05, 0.1) is 24.3 Å². The molecule has 4 amide bonds. The highest BCUT2D eigenvalue weighted by Crippen LogP contribution is 2.33. The van der Waals surface area contributed by atoms with Gasteiger partial charge in [-0.15, -0.1) is 0 Å². The maximum Gasteiger partial charge on any atom is 0.255 e. The van der Waals surface area contributed by atoms with E-state index < -0.39 is 6.04 Å². The number of benzene rings is 4. The van der Waals surface area contributed by atoms with Crippen LogP contribution in [0.2, 0.25) is 0 Å². The predicted octanol–water partition coefficient (Wildman–Crippen LogP) is 6.71. The van der Waals surface area contributed by atoms with Crippen molar-refractivity contribution in [1.82, 2.24) is 39.9 Å². The van der Waals surface area contributed by atoms with E-state index in [-0.39, 0.29) is 30.0 Å². The minimum Gasteiger partial charge on any atom is -0.372 e. The van der Waals surface area contributed by atoms with Crippen LogP contribution in [0.5, 0.6) is 0 Å². The van der Waals surface area contributed by atoms with E-state index in [9.17, 15) is 19.2 Å². The van der Waals surface area contributed by atoms with Gasteiger partial charge in [0.25, 0.3) is 11.8 Å². The Morgan fingerprint density at radius 1 is 0.729 bits per heavy atom. The standard InChI is InChI=1S/C57H55N9O4/c67-53-20-19-52(55(68)61-53)66-37-47-33-48(17-18-49(47)57(66)70)64-25-21-42(22-26-64)36-63-30-28-62(29-31-63)24-3-4-39-7-9-40(10-8-39)11-12-41-13-15-43(16-14-41)56(69)65-27-23-45-34-59-54(60-51(45)38-65)46-32-44-5-1-2-6-50(44)58-35-46/h1-2,5-18,32-35,42,52H,19-31,36-38H2,(H,61,67,68)/b12-11+. The normalized spacial score (nSPS) is 19.0. The van der Waals surface area contributed by atoms with Crippen molar-refractivity contribution in [2.24, 2.45) is 5.92 Å². The summed E-state index contributed by atoms with van der Waals surface area (Å²) in [5.41, 5.74) is 10.3. The molecule has 1 N–H and O–H groups in total. The van der Waals surface area contributed by atoms with Crippen LogP contribution in [-0.2, 0) is 29.1 Å². The number of carbonyl (C=O) groups excluding carboxylic acids is 4. The molecule has 5 aliphatic rings. The molecule has 4 aromatic carbocycles. The van der Waals surface area contributed by atoms with Gasteiger partial charge in [-0.25, -0.2) is 9.97 Å². The van der Waals surface area contributed by atoms with Crippen LogP contribution >= 0.6 is 0 Å². The summed E-state index contributed by atoms with van der Waals surface area (Å²) < 4.78 is 0. The third kappa shape index (κ3) is 9.83. The summed E-state index contributed by atoms with van der Waals surface area (Å²) in [6, 6.07) is 31.6. The maximum atomic E-state index is 13.6. The number of imide groups is 1. The number of nitrogens with zero attached hydrogens (tertiary/aromatic N) is 8. The molecule has 11 rings (SSSR count). The Hall–Kier alpha value is -7.53. The number of rotatable bonds is 9. The van der Waals surface area contributed by atoms with Crippen molar-refractivity contribution in [3.63, 3.8) is 0 Å². The highest BCUT2D eigenvalue weighted by Gasteiger charge is 2.39. The highest BCUT2D eigenvalue weighted by atomic mass is 16.2. The van der Waals surface area contributed by atoms with E-state index in [1.54, 1.807) is 4.90 Å². The van der Waals surface area contributed by atoms with Crippen LogP contribution in [-0.4, -0.2) is 123 Å². The summed E-state index contributed by atoms with van der Waals surface area (Å²) >= 11 is 0. The fourth-order valence-electron chi connectivity index (χ4n) is 10.5. The molecule has 0 bridgehead atoms. The topological polar surface area (TPSA) is 135 Å². The first-order valence-electron chi connectivity index (χ1n) is 24.6. The SMILES string of the molecule is O=C1CCC(N2Cc3cc(N4CCC(CN5CCN(CC#Cc6ccc(/C=C/c7ccc(C(=O)N8CCc9cnc(-c%10cnc%11ccccc%11c%10)nc9C8)cc7)cc6)CC5)CC4)ccc3C2=O)C(=O)N1. The van der Waals surface area contributed by atoms with Crippen LogP contribution in [0.3, 0.4) is 0 Å². The smallest absolute Gasteiger partial charge is 0.255 e. The Bertz CT molecular complexity index is 3070. The van der Waals surface area contributed by atoms with Gasteiger partial charge >= 0.3 is 0 Å². The first-order chi connectivity index (χ1) is 34.3. The van der Waals surface area contributed by atoms with Crippen LogP contribution in [0.15, 0.2) is 109 Å². The van der Waals surface area contributed by atoms with Crippen LogP contribution in [0.25, 0.3) is 34.4 Å². The summed E-state index contributed by atoms with van der Waals surface area (Å²) in [7, 11) is 0. The molecule has 0 saturated carbocycles. The largest absolute Gasteiger partial charge is 0.372 e. The van der Waals surface area contributed by atoms with Gasteiger partial charge in [0.2, 0.25) is 11.8 Å². The fraction of sp³-hybridized carbons (Fsp3) is 0.316. The number of pyridine rings is 1. The quantitative estimate of drug-likeness (QED) is 0.0948. The van der Waals surface area contributed by atoms with Gasteiger partial charge in [0.15, 0.2) is 5.82 Å². The number of carbonyl (C=O) groups is 4. The molecule has 0 spiro atoms. The lowest BCUT2D eigenvalue weighted by atomic mass is 9.95. The molecule has 0 aliphatic carbocycles. The van der Waals surface area contributed by atoms with E-state index in [1.165, 1.54) is 0 Å². The lowest BCUT2D eigenvalue weighted by Gasteiger charge is -2.39. The van der Waals surface area contributed by atoms with Gasteiger partial charge in [-0.05, 0) is 108 Å². The molecule has 13 nitrogen and oxygen atoms in total. The second-order valence-electron chi connectivity index (χ2n) is 19.2. The van der Waals surface area contributed by atoms with E-state index in [0.717, 1.165) is 121 Å². The monoisotopic (exact) mass is 929 g/mol. The third-order valence-electron chi connectivity index (χ3n) is 14.6. The molecular formula is C57H55N9O4. The fourth-order valence-corrected chi connectivity index (χ4v) is 10.5. The van der Waals surface area contributed by atoms with Gasteiger partial charge in [-0.2, -0.15) is 0 Å². The van der Waals surface area contributed by atoms with E-state index >= 15 is 0 Å². The van der Waals surface area contributed by atoms with Gasteiger partial charge < -0.3 is 19.6 Å². The Labute approximate surface area is 408 Å². The number of aromatic nitrogens is 3. The average molecular weight is 930 g/mol. The molecule has 1 unspecified atom stereocenters. The molecule has 1 atom stereocenters. The van der Waals surface area contributed by atoms with Crippen LogP contribution in [0.1, 0.15) is 79.9 Å². The molecule has 13 heteroatoms. The number of para-hydroxylation sites is 1. The Kier molecular flexibility index (Phi) is 12.7. The predicted molar refractivity (Wildman–Crippen MR) is 270 cm³/mol. The molecule has 3 saturated heterocycles. The van der Waals surface area contributed by atoms with Crippen LogP contribution < -0.4 is 10.2 Å². The number of piperazine rings is 1. The minimum absolute atomic E-state index is 0.00356.